The van der Waals surface area contributed by atoms with Gasteiger partial charge in [0.15, 0.2) is 0 Å². The van der Waals surface area contributed by atoms with Gasteiger partial charge in [-0.25, -0.2) is 0 Å². The number of carbonyl (C=O) groups excluding carboxylic acids is 1. The molecule has 1 heterocycles. The highest BCUT2D eigenvalue weighted by Crippen LogP contribution is 2.12. The van der Waals surface area contributed by atoms with Crippen molar-refractivity contribution in [2.75, 3.05) is 12.9 Å². The van der Waals surface area contributed by atoms with Crippen molar-refractivity contribution < 1.29 is 9.90 Å². The van der Waals surface area contributed by atoms with Gasteiger partial charge in [0.1, 0.15) is 4.88 Å². The first-order valence-electron chi connectivity index (χ1n) is 4.52. The van der Waals surface area contributed by atoms with Crippen molar-refractivity contribution in [2.45, 2.75) is 18.2 Å². The second-order valence-electron chi connectivity index (χ2n) is 3.08. The third kappa shape index (κ3) is 3.48. The minimum Gasteiger partial charge on any atom is -0.395 e. The maximum atomic E-state index is 11.6. The van der Waals surface area contributed by atoms with E-state index in [9.17, 15) is 4.79 Å². The quantitative estimate of drug-likeness (QED) is 0.813. The Morgan fingerprint density at radius 3 is 3.00 bits per heavy atom. The van der Waals surface area contributed by atoms with Crippen molar-refractivity contribution in [3.8, 4) is 0 Å². The Hall–Kier alpha value is -0.590. The van der Waals surface area contributed by atoms with E-state index in [4.69, 9.17) is 5.11 Å². The van der Waals surface area contributed by atoms with Gasteiger partial charge in [-0.2, -0.15) is 11.8 Å². The molecule has 0 fully saturated rings. The van der Waals surface area contributed by atoms with Crippen LogP contribution < -0.4 is 5.32 Å². The Morgan fingerprint density at radius 1 is 1.80 bits per heavy atom. The fourth-order valence-corrected chi connectivity index (χ4v) is 2.28. The Balaban J connectivity index is 2.51. The van der Waals surface area contributed by atoms with Gasteiger partial charge in [-0.1, -0.05) is 0 Å². The van der Waals surface area contributed by atoms with E-state index in [0.717, 1.165) is 0 Å². The molecule has 0 aromatic carbocycles. The summed E-state index contributed by atoms with van der Waals surface area (Å²) >= 11 is 2.85. The smallest absolute Gasteiger partial charge is 0.263 e. The van der Waals surface area contributed by atoms with Gasteiger partial charge in [-0.3, -0.25) is 9.78 Å². The average molecular weight is 246 g/mol. The zero-order valence-electron chi connectivity index (χ0n) is 8.64. The van der Waals surface area contributed by atoms with E-state index < -0.39 is 0 Å². The molecular weight excluding hydrogens is 232 g/mol. The number of aliphatic hydroxyl groups excluding tert-OH is 1. The summed E-state index contributed by atoms with van der Waals surface area (Å²) in [5.74, 6) is -0.127. The van der Waals surface area contributed by atoms with Gasteiger partial charge in [0, 0.05) is 11.3 Å². The number of thioether (sulfide) groups is 1. The molecule has 2 unspecified atom stereocenters. The number of carbonyl (C=O) groups is 1. The van der Waals surface area contributed by atoms with Gasteiger partial charge in [0.2, 0.25) is 0 Å². The molecule has 4 nitrogen and oxygen atoms in total. The number of aromatic nitrogens is 1. The van der Waals surface area contributed by atoms with Crippen molar-refractivity contribution in [2.24, 2.45) is 0 Å². The minimum atomic E-state index is -0.127. The molecule has 84 valence electrons. The SMILES string of the molecule is CSC(CO)C(C)NC(=O)c1cncs1. The fraction of sp³-hybridized carbons (Fsp3) is 0.556. The van der Waals surface area contributed by atoms with Crippen LogP contribution in [0.15, 0.2) is 11.7 Å². The molecule has 0 radical (unpaired) electrons. The van der Waals surface area contributed by atoms with Crippen LogP contribution in [0.5, 0.6) is 0 Å². The molecule has 2 N–H and O–H groups in total. The third-order valence-electron chi connectivity index (χ3n) is 2.06. The lowest BCUT2D eigenvalue weighted by Crippen LogP contribution is -2.40. The van der Waals surface area contributed by atoms with Gasteiger partial charge < -0.3 is 10.4 Å². The fourth-order valence-electron chi connectivity index (χ4n) is 1.14. The van der Waals surface area contributed by atoms with Crippen molar-refractivity contribution in [3.63, 3.8) is 0 Å². The lowest BCUT2D eigenvalue weighted by Gasteiger charge is -2.20. The average Bonchev–Trinajstić information content (AvgIpc) is 2.72. The van der Waals surface area contributed by atoms with Gasteiger partial charge in [0.25, 0.3) is 5.91 Å². The molecule has 0 aliphatic heterocycles. The number of aliphatic hydroxyl groups is 1. The number of nitrogens with one attached hydrogen (secondary N) is 1. The van der Waals surface area contributed by atoms with Crippen molar-refractivity contribution in [1.29, 1.82) is 0 Å². The zero-order valence-corrected chi connectivity index (χ0v) is 10.3. The van der Waals surface area contributed by atoms with Crippen LogP contribution in [0.4, 0.5) is 0 Å². The van der Waals surface area contributed by atoms with E-state index in [1.165, 1.54) is 11.3 Å². The lowest BCUT2D eigenvalue weighted by atomic mass is 10.2. The first kappa shape index (κ1) is 12.5. The molecule has 0 bridgehead atoms. The van der Waals surface area contributed by atoms with Crippen LogP contribution >= 0.6 is 23.1 Å². The molecule has 15 heavy (non-hydrogen) atoms. The minimum absolute atomic E-state index is 0.0295. The molecular formula is C9H14N2O2S2. The molecule has 1 aromatic heterocycles. The Kier molecular flexibility index (Phi) is 5.07. The number of hydrogen-bond acceptors (Lipinski definition) is 5. The predicted octanol–water partition coefficient (Wildman–Crippen LogP) is 0.985. The van der Waals surface area contributed by atoms with Crippen LogP contribution in [0, 0.1) is 0 Å². The standard InChI is InChI=1S/C9H14N2O2S2/c1-6(8(4-12)14-2)11-9(13)7-3-10-5-15-7/h3,5-6,8,12H,4H2,1-2H3,(H,11,13). The molecule has 0 spiro atoms. The normalized spacial score (nSPS) is 14.6. The van der Waals surface area contributed by atoms with Crippen LogP contribution in [-0.2, 0) is 0 Å². The Bertz CT molecular complexity index is 299. The van der Waals surface area contributed by atoms with Crippen LogP contribution in [0.25, 0.3) is 0 Å². The highest BCUT2D eigenvalue weighted by molar-refractivity contribution is 7.99. The van der Waals surface area contributed by atoms with Crippen molar-refractivity contribution in [3.05, 3.63) is 16.6 Å². The number of nitrogens with zero attached hydrogens (tertiary/aromatic N) is 1. The summed E-state index contributed by atoms with van der Waals surface area (Å²) in [5, 5.41) is 11.9. The number of amides is 1. The second-order valence-corrected chi connectivity index (χ2v) is 5.05. The summed E-state index contributed by atoms with van der Waals surface area (Å²) in [7, 11) is 0. The maximum absolute atomic E-state index is 11.6. The highest BCUT2D eigenvalue weighted by Gasteiger charge is 2.18. The van der Waals surface area contributed by atoms with E-state index in [2.05, 4.69) is 10.3 Å². The van der Waals surface area contributed by atoms with E-state index >= 15 is 0 Å². The van der Waals surface area contributed by atoms with Crippen molar-refractivity contribution >= 4 is 29.0 Å². The zero-order chi connectivity index (χ0) is 11.3. The molecule has 1 amide bonds. The molecule has 6 heteroatoms. The van der Waals surface area contributed by atoms with Crippen LogP contribution in [0.3, 0.4) is 0 Å². The van der Waals surface area contributed by atoms with Crippen LogP contribution in [0.1, 0.15) is 16.6 Å². The lowest BCUT2D eigenvalue weighted by molar-refractivity contribution is 0.0940. The Morgan fingerprint density at radius 2 is 2.53 bits per heavy atom. The van der Waals surface area contributed by atoms with E-state index in [0.29, 0.717) is 4.88 Å². The Labute approximate surface area is 97.1 Å². The van der Waals surface area contributed by atoms with Gasteiger partial charge in [-0.05, 0) is 13.2 Å². The number of hydrogen-bond donors (Lipinski definition) is 2. The first-order chi connectivity index (χ1) is 7.19. The van der Waals surface area contributed by atoms with Gasteiger partial charge in [0.05, 0.1) is 18.3 Å². The first-order valence-corrected chi connectivity index (χ1v) is 6.68. The molecule has 0 aliphatic rings. The van der Waals surface area contributed by atoms with Crippen LogP contribution in [0.2, 0.25) is 0 Å². The molecule has 2 atom stereocenters. The molecule has 0 aliphatic carbocycles. The van der Waals surface area contributed by atoms with Gasteiger partial charge >= 0.3 is 0 Å². The number of thiazole rings is 1. The molecule has 1 aromatic rings. The number of rotatable bonds is 5. The summed E-state index contributed by atoms with van der Waals surface area (Å²) in [6.07, 6.45) is 3.45. The van der Waals surface area contributed by atoms with Gasteiger partial charge in [-0.15, -0.1) is 11.3 Å². The molecule has 0 saturated heterocycles. The summed E-state index contributed by atoms with van der Waals surface area (Å²) in [6.45, 7) is 1.95. The highest BCUT2D eigenvalue weighted by atomic mass is 32.2. The van der Waals surface area contributed by atoms with E-state index in [1.807, 2.05) is 13.2 Å². The van der Waals surface area contributed by atoms with Crippen molar-refractivity contribution in [1.82, 2.24) is 10.3 Å². The summed E-state index contributed by atoms with van der Waals surface area (Å²) < 4.78 is 0. The second kappa shape index (κ2) is 6.09. The monoisotopic (exact) mass is 246 g/mol. The summed E-state index contributed by atoms with van der Waals surface area (Å²) in [4.78, 5) is 16.1. The molecule has 1 rings (SSSR count). The third-order valence-corrected chi connectivity index (χ3v) is 3.99. The largest absolute Gasteiger partial charge is 0.395 e. The summed E-state index contributed by atoms with van der Waals surface area (Å²) in [6, 6.07) is -0.0559. The van der Waals surface area contributed by atoms with Crippen LogP contribution in [-0.4, -0.2) is 40.2 Å². The van der Waals surface area contributed by atoms with E-state index in [-0.39, 0.29) is 23.8 Å². The summed E-state index contributed by atoms with van der Waals surface area (Å²) in [5.41, 5.74) is 1.62. The maximum Gasteiger partial charge on any atom is 0.263 e. The molecule has 0 saturated carbocycles. The predicted molar refractivity (Wildman–Crippen MR) is 63.4 cm³/mol. The topological polar surface area (TPSA) is 62.2 Å². The van der Waals surface area contributed by atoms with E-state index in [1.54, 1.807) is 23.5 Å².